The molecule has 0 saturated heterocycles. The zero-order valence-electron chi connectivity index (χ0n) is 17.3. The SMILES string of the molecule is COc1ccc(-c2nc3sc(=Cc4ccc(OCc5ccccc5)cc4)c(=O)n3n2)cc1. The van der Waals surface area contributed by atoms with Crippen molar-refractivity contribution >= 4 is 22.4 Å². The Morgan fingerprint density at radius 1 is 0.938 bits per heavy atom. The molecule has 0 amide bonds. The summed E-state index contributed by atoms with van der Waals surface area (Å²) in [5.74, 6) is 2.05. The lowest BCUT2D eigenvalue weighted by Gasteiger charge is -2.06. The summed E-state index contributed by atoms with van der Waals surface area (Å²) in [5.41, 5.74) is 2.68. The Balaban J connectivity index is 1.36. The van der Waals surface area contributed by atoms with Crippen LogP contribution >= 0.6 is 11.3 Å². The Labute approximate surface area is 188 Å². The Morgan fingerprint density at radius 2 is 1.66 bits per heavy atom. The van der Waals surface area contributed by atoms with E-state index in [4.69, 9.17) is 9.47 Å². The number of rotatable bonds is 6. The summed E-state index contributed by atoms with van der Waals surface area (Å²) in [6, 6.07) is 25.1. The summed E-state index contributed by atoms with van der Waals surface area (Å²) in [4.78, 5) is 17.9. The van der Waals surface area contributed by atoms with Gasteiger partial charge in [-0.25, -0.2) is 0 Å². The first-order valence-corrected chi connectivity index (χ1v) is 10.8. The highest BCUT2D eigenvalue weighted by Crippen LogP contribution is 2.20. The third kappa shape index (κ3) is 4.10. The van der Waals surface area contributed by atoms with Gasteiger partial charge in [-0.2, -0.15) is 9.50 Å². The number of thiazole rings is 1. The van der Waals surface area contributed by atoms with E-state index in [1.54, 1.807) is 7.11 Å². The maximum absolute atomic E-state index is 12.8. The third-order valence-corrected chi connectivity index (χ3v) is 5.92. The Bertz CT molecular complexity index is 1460. The summed E-state index contributed by atoms with van der Waals surface area (Å²) in [7, 11) is 1.62. The molecule has 0 saturated carbocycles. The van der Waals surface area contributed by atoms with Gasteiger partial charge in [-0.05, 0) is 53.6 Å². The first kappa shape index (κ1) is 20.0. The van der Waals surface area contributed by atoms with E-state index in [1.165, 1.54) is 15.9 Å². The van der Waals surface area contributed by atoms with E-state index in [0.717, 1.165) is 28.2 Å². The van der Waals surface area contributed by atoms with E-state index in [-0.39, 0.29) is 5.56 Å². The average Bonchev–Trinajstić information content (AvgIpc) is 3.38. The minimum Gasteiger partial charge on any atom is -0.497 e. The van der Waals surface area contributed by atoms with E-state index in [2.05, 4.69) is 10.1 Å². The molecule has 0 N–H and O–H groups in total. The number of nitrogens with zero attached hydrogens (tertiary/aromatic N) is 3. The van der Waals surface area contributed by atoms with Crippen LogP contribution in [0, 0.1) is 0 Å². The topological polar surface area (TPSA) is 65.7 Å². The molecule has 0 fully saturated rings. The van der Waals surface area contributed by atoms with Crippen molar-refractivity contribution in [3.8, 4) is 22.9 Å². The molecular formula is C25H19N3O3S. The van der Waals surface area contributed by atoms with Gasteiger partial charge in [0.15, 0.2) is 5.82 Å². The normalized spacial score (nSPS) is 11.7. The van der Waals surface area contributed by atoms with Crippen molar-refractivity contribution in [3.63, 3.8) is 0 Å². The first-order chi connectivity index (χ1) is 15.7. The predicted octanol–water partition coefficient (Wildman–Crippen LogP) is 3.95. The number of benzene rings is 3. The molecule has 3 aromatic carbocycles. The highest BCUT2D eigenvalue weighted by Gasteiger charge is 2.12. The number of methoxy groups -OCH3 is 1. The molecule has 5 aromatic rings. The van der Waals surface area contributed by atoms with Gasteiger partial charge in [0.1, 0.15) is 18.1 Å². The van der Waals surface area contributed by atoms with Gasteiger partial charge >= 0.3 is 0 Å². The van der Waals surface area contributed by atoms with Crippen molar-refractivity contribution in [1.82, 2.24) is 14.6 Å². The van der Waals surface area contributed by atoms with Crippen LogP contribution in [0.5, 0.6) is 11.5 Å². The van der Waals surface area contributed by atoms with Gasteiger partial charge in [0.25, 0.3) is 5.56 Å². The standard InChI is InChI=1S/C25H19N3O3S/c1-30-20-13-9-19(10-14-20)23-26-25-28(27-23)24(29)22(32-25)15-17-7-11-21(12-8-17)31-16-18-5-3-2-4-6-18/h2-15H,16H2,1H3. The van der Waals surface area contributed by atoms with Crippen LogP contribution in [0.4, 0.5) is 0 Å². The Kier molecular flexibility index (Phi) is 5.39. The average molecular weight is 442 g/mol. The number of ether oxygens (including phenoxy) is 2. The van der Waals surface area contributed by atoms with Crippen molar-refractivity contribution in [2.24, 2.45) is 0 Å². The van der Waals surface area contributed by atoms with Gasteiger partial charge in [0, 0.05) is 5.56 Å². The third-order valence-electron chi connectivity index (χ3n) is 4.96. The maximum Gasteiger partial charge on any atom is 0.291 e. The number of hydrogen-bond acceptors (Lipinski definition) is 6. The molecule has 0 aliphatic carbocycles. The van der Waals surface area contributed by atoms with Crippen LogP contribution in [0.25, 0.3) is 22.4 Å². The second kappa shape index (κ2) is 8.64. The molecule has 0 radical (unpaired) electrons. The van der Waals surface area contributed by atoms with Crippen LogP contribution in [-0.4, -0.2) is 21.7 Å². The lowest BCUT2D eigenvalue weighted by molar-refractivity contribution is 0.306. The monoisotopic (exact) mass is 441 g/mol. The maximum atomic E-state index is 12.8. The van der Waals surface area contributed by atoms with Gasteiger partial charge in [-0.1, -0.05) is 53.8 Å². The lowest BCUT2D eigenvalue weighted by atomic mass is 10.2. The van der Waals surface area contributed by atoms with E-state index >= 15 is 0 Å². The van der Waals surface area contributed by atoms with Crippen LogP contribution in [0.2, 0.25) is 0 Å². The molecule has 2 heterocycles. The molecule has 7 heteroatoms. The highest BCUT2D eigenvalue weighted by atomic mass is 32.1. The number of fused-ring (bicyclic) bond motifs is 1. The summed E-state index contributed by atoms with van der Waals surface area (Å²) in [6.45, 7) is 0.513. The molecule has 0 atom stereocenters. The minimum atomic E-state index is -0.179. The highest BCUT2D eigenvalue weighted by molar-refractivity contribution is 7.15. The fraction of sp³-hybridized carbons (Fsp3) is 0.0800. The molecule has 32 heavy (non-hydrogen) atoms. The van der Waals surface area contributed by atoms with Gasteiger partial charge in [-0.3, -0.25) is 4.79 Å². The van der Waals surface area contributed by atoms with Crippen LogP contribution in [0.15, 0.2) is 83.7 Å². The molecule has 0 aliphatic heterocycles. The van der Waals surface area contributed by atoms with Crippen molar-refractivity contribution in [2.45, 2.75) is 6.61 Å². The summed E-state index contributed by atoms with van der Waals surface area (Å²) in [6.07, 6.45) is 1.84. The minimum absolute atomic E-state index is 0.179. The van der Waals surface area contributed by atoms with Crippen molar-refractivity contribution in [3.05, 3.63) is 105 Å². The summed E-state index contributed by atoms with van der Waals surface area (Å²) in [5, 5.41) is 4.39. The number of aromatic nitrogens is 3. The van der Waals surface area contributed by atoms with Crippen LogP contribution < -0.4 is 19.6 Å². The van der Waals surface area contributed by atoms with Crippen molar-refractivity contribution < 1.29 is 9.47 Å². The number of hydrogen-bond donors (Lipinski definition) is 0. The molecule has 0 bridgehead atoms. The summed E-state index contributed by atoms with van der Waals surface area (Å²) < 4.78 is 12.9. The Hall–Kier alpha value is -3.97. The van der Waals surface area contributed by atoms with Gasteiger partial charge in [-0.15, -0.1) is 5.10 Å². The van der Waals surface area contributed by atoms with Crippen LogP contribution in [-0.2, 0) is 6.61 Å². The molecule has 0 spiro atoms. The Morgan fingerprint density at radius 3 is 2.34 bits per heavy atom. The molecular weight excluding hydrogens is 422 g/mol. The smallest absolute Gasteiger partial charge is 0.291 e. The van der Waals surface area contributed by atoms with Gasteiger partial charge in [0.2, 0.25) is 4.96 Å². The lowest BCUT2D eigenvalue weighted by Crippen LogP contribution is -2.23. The van der Waals surface area contributed by atoms with E-state index in [9.17, 15) is 4.79 Å². The molecule has 158 valence electrons. The molecule has 2 aromatic heterocycles. The second-order valence-corrected chi connectivity index (χ2v) is 8.13. The zero-order valence-corrected chi connectivity index (χ0v) is 18.1. The largest absolute Gasteiger partial charge is 0.497 e. The fourth-order valence-electron chi connectivity index (χ4n) is 3.25. The second-order valence-electron chi connectivity index (χ2n) is 7.12. The van der Waals surface area contributed by atoms with Gasteiger partial charge in [0.05, 0.1) is 11.6 Å². The molecule has 5 rings (SSSR count). The predicted molar refractivity (Wildman–Crippen MR) is 125 cm³/mol. The van der Waals surface area contributed by atoms with Crippen LogP contribution in [0.3, 0.4) is 0 Å². The fourth-order valence-corrected chi connectivity index (χ4v) is 4.16. The first-order valence-electron chi connectivity index (χ1n) is 10.0. The molecule has 6 nitrogen and oxygen atoms in total. The zero-order chi connectivity index (χ0) is 21.9. The molecule has 0 unspecified atom stereocenters. The molecule has 0 aliphatic rings. The van der Waals surface area contributed by atoms with Crippen LogP contribution in [0.1, 0.15) is 11.1 Å². The van der Waals surface area contributed by atoms with E-state index in [0.29, 0.717) is 21.9 Å². The van der Waals surface area contributed by atoms with Crippen molar-refractivity contribution in [1.29, 1.82) is 0 Å². The van der Waals surface area contributed by atoms with Crippen molar-refractivity contribution in [2.75, 3.05) is 7.11 Å². The summed E-state index contributed by atoms with van der Waals surface area (Å²) >= 11 is 1.32. The van der Waals surface area contributed by atoms with E-state index in [1.807, 2.05) is 84.9 Å². The van der Waals surface area contributed by atoms with Gasteiger partial charge < -0.3 is 9.47 Å². The van der Waals surface area contributed by atoms with E-state index < -0.39 is 0 Å². The quantitative estimate of drug-likeness (QED) is 0.399.